The Morgan fingerprint density at radius 1 is 1.08 bits per heavy atom. The van der Waals surface area contributed by atoms with Crippen LogP contribution in [0, 0.1) is 0 Å². The first-order valence-corrected chi connectivity index (χ1v) is 7.44. The van der Waals surface area contributed by atoms with Crippen LogP contribution < -0.4 is 5.73 Å². The molecule has 0 radical (unpaired) electrons. The molecule has 0 aliphatic heterocycles. The van der Waals surface area contributed by atoms with Gasteiger partial charge in [0.2, 0.25) is 5.91 Å². The molecule has 0 spiro atoms. The molecule has 0 fully saturated rings. The van der Waals surface area contributed by atoms with E-state index in [0.717, 1.165) is 17.7 Å². The Bertz CT molecular complexity index is 901. The van der Waals surface area contributed by atoms with Crippen LogP contribution in [0.3, 0.4) is 0 Å². The summed E-state index contributed by atoms with van der Waals surface area (Å²) in [5.74, 6) is -0.541. The Morgan fingerprint density at radius 3 is 2.44 bits per heavy atom. The second kappa shape index (κ2) is 6.43. The summed E-state index contributed by atoms with van der Waals surface area (Å²) in [5.41, 5.74) is 6.58. The molecule has 4 nitrogen and oxygen atoms in total. The van der Waals surface area contributed by atoms with Crippen LogP contribution in [0.5, 0.6) is 0 Å². The maximum absolute atomic E-state index is 12.9. The van der Waals surface area contributed by atoms with Gasteiger partial charge in [0, 0.05) is 17.3 Å². The average Bonchev–Trinajstić information content (AvgIpc) is 2.98. The Balaban J connectivity index is 2.09. The van der Waals surface area contributed by atoms with Crippen LogP contribution in [0.2, 0.25) is 0 Å². The van der Waals surface area contributed by atoms with Crippen LogP contribution in [-0.4, -0.2) is 15.7 Å². The Kier molecular flexibility index (Phi) is 4.31. The zero-order valence-electron chi connectivity index (χ0n) is 13.0. The molecule has 7 heteroatoms. The van der Waals surface area contributed by atoms with Crippen LogP contribution in [-0.2, 0) is 17.4 Å². The first kappa shape index (κ1) is 16.8. The highest BCUT2D eigenvalue weighted by atomic mass is 19.4. The SMILES string of the molecule is NC(=O)Cc1cn(-c2cccc(C(F)(F)F)c2)nc1-c1ccccc1. The molecule has 3 rings (SSSR count). The van der Waals surface area contributed by atoms with Crippen molar-refractivity contribution in [2.24, 2.45) is 5.73 Å². The van der Waals surface area contributed by atoms with Crippen LogP contribution in [0.4, 0.5) is 13.2 Å². The lowest BCUT2D eigenvalue weighted by atomic mass is 10.1. The Hall–Kier alpha value is -3.09. The Morgan fingerprint density at radius 2 is 1.80 bits per heavy atom. The maximum atomic E-state index is 12.9. The lowest BCUT2D eigenvalue weighted by Gasteiger charge is -2.08. The topological polar surface area (TPSA) is 60.9 Å². The summed E-state index contributed by atoms with van der Waals surface area (Å²) in [5, 5.41) is 4.37. The molecule has 3 aromatic rings. The van der Waals surface area contributed by atoms with Gasteiger partial charge in [-0.25, -0.2) is 4.68 Å². The molecule has 1 heterocycles. The van der Waals surface area contributed by atoms with E-state index in [9.17, 15) is 18.0 Å². The summed E-state index contributed by atoms with van der Waals surface area (Å²) in [6.07, 6.45) is -2.97. The second-order valence-corrected chi connectivity index (χ2v) is 5.50. The number of amides is 1. The monoisotopic (exact) mass is 345 g/mol. The lowest BCUT2D eigenvalue weighted by Crippen LogP contribution is -2.13. The smallest absolute Gasteiger partial charge is 0.369 e. The lowest BCUT2D eigenvalue weighted by molar-refractivity contribution is -0.137. The van der Waals surface area contributed by atoms with Gasteiger partial charge >= 0.3 is 6.18 Å². The van der Waals surface area contributed by atoms with Crippen molar-refractivity contribution >= 4 is 5.91 Å². The summed E-state index contributed by atoms with van der Waals surface area (Å²) in [6, 6.07) is 13.9. The number of primary amides is 1. The van der Waals surface area contributed by atoms with Gasteiger partial charge in [-0.15, -0.1) is 0 Å². The largest absolute Gasteiger partial charge is 0.416 e. The highest BCUT2D eigenvalue weighted by Crippen LogP contribution is 2.31. The molecular formula is C18H14F3N3O. The molecule has 0 aliphatic rings. The van der Waals surface area contributed by atoms with E-state index in [4.69, 9.17) is 5.73 Å². The van der Waals surface area contributed by atoms with Crippen molar-refractivity contribution in [2.45, 2.75) is 12.6 Å². The fourth-order valence-electron chi connectivity index (χ4n) is 2.52. The van der Waals surface area contributed by atoms with Gasteiger partial charge in [0.15, 0.2) is 0 Å². The third kappa shape index (κ3) is 3.71. The number of rotatable bonds is 4. The summed E-state index contributed by atoms with van der Waals surface area (Å²) in [4.78, 5) is 11.3. The van der Waals surface area contributed by atoms with Crippen LogP contribution in [0.1, 0.15) is 11.1 Å². The summed E-state index contributed by atoms with van der Waals surface area (Å²) >= 11 is 0. The summed E-state index contributed by atoms with van der Waals surface area (Å²) in [6.45, 7) is 0. The molecule has 2 aromatic carbocycles. The van der Waals surface area contributed by atoms with E-state index < -0.39 is 17.6 Å². The molecule has 0 saturated carbocycles. The number of carbonyl (C=O) groups excluding carboxylic acids is 1. The van der Waals surface area contributed by atoms with E-state index in [0.29, 0.717) is 11.3 Å². The van der Waals surface area contributed by atoms with E-state index in [-0.39, 0.29) is 12.1 Å². The van der Waals surface area contributed by atoms with Gasteiger partial charge in [-0.3, -0.25) is 4.79 Å². The third-order valence-corrected chi connectivity index (χ3v) is 3.64. The second-order valence-electron chi connectivity index (χ2n) is 5.50. The van der Waals surface area contributed by atoms with Crippen molar-refractivity contribution < 1.29 is 18.0 Å². The highest BCUT2D eigenvalue weighted by Gasteiger charge is 2.30. The van der Waals surface area contributed by atoms with Gasteiger partial charge in [0.05, 0.1) is 23.4 Å². The number of nitrogens with two attached hydrogens (primary N) is 1. The first-order valence-electron chi connectivity index (χ1n) is 7.44. The van der Waals surface area contributed by atoms with Gasteiger partial charge in [-0.1, -0.05) is 36.4 Å². The fraction of sp³-hybridized carbons (Fsp3) is 0.111. The van der Waals surface area contributed by atoms with Gasteiger partial charge < -0.3 is 5.73 Å². The molecule has 0 unspecified atom stereocenters. The van der Waals surface area contributed by atoms with Crippen molar-refractivity contribution in [3.63, 3.8) is 0 Å². The van der Waals surface area contributed by atoms with E-state index in [1.54, 1.807) is 0 Å². The van der Waals surface area contributed by atoms with Crippen molar-refractivity contribution in [2.75, 3.05) is 0 Å². The van der Waals surface area contributed by atoms with Crippen LogP contribution in [0.25, 0.3) is 16.9 Å². The molecule has 1 amide bonds. The molecule has 0 bridgehead atoms. The predicted octanol–water partition coefficient (Wildman–Crippen LogP) is 3.59. The van der Waals surface area contributed by atoms with E-state index in [1.807, 2.05) is 30.3 Å². The molecular weight excluding hydrogens is 331 g/mol. The molecule has 128 valence electrons. The number of hydrogen-bond acceptors (Lipinski definition) is 2. The van der Waals surface area contributed by atoms with E-state index >= 15 is 0 Å². The number of halogens is 3. The van der Waals surface area contributed by atoms with Crippen LogP contribution >= 0.6 is 0 Å². The molecule has 0 aliphatic carbocycles. The number of carbonyl (C=O) groups is 1. The summed E-state index contributed by atoms with van der Waals surface area (Å²) in [7, 11) is 0. The molecule has 0 saturated heterocycles. The van der Waals surface area contributed by atoms with Gasteiger partial charge in [-0.05, 0) is 18.2 Å². The molecule has 1 aromatic heterocycles. The summed E-state index contributed by atoms with van der Waals surface area (Å²) < 4.78 is 40.1. The minimum Gasteiger partial charge on any atom is -0.369 e. The van der Waals surface area contributed by atoms with Crippen molar-refractivity contribution in [3.8, 4) is 16.9 Å². The number of benzene rings is 2. The minimum atomic E-state index is -4.44. The highest BCUT2D eigenvalue weighted by molar-refractivity contribution is 5.79. The quantitative estimate of drug-likeness (QED) is 0.786. The zero-order chi connectivity index (χ0) is 18.0. The van der Waals surface area contributed by atoms with Crippen LogP contribution in [0.15, 0.2) is 60.8 Å². The first-order chi connectivity index (χ1) is 11.8. The third-order valence-electron chi connectivity index (χ3n) is 3.64. The average molecular weight is 345 g/mol. The van der Waals surface area contributed by atoms with Gasteiger partial charge in [0.1, 0.15) is 0 Å². The predicted molar refractivity (Wildman–Crippen MR) is 86.9 cm³/mol. The molecule has 25 heavy (non-hydrogen) atoms. The van der Waals surface area contributed by atoms with E-state index in [2.05, 4.69) is 5.10 Å². The number of aromatic nitrogens is 2. The number of hydrogen-bond donors (Lipinski definition) is 1. The van der Waals surface area contributed by atoms with Gasteiger partial charge in [0.25, 0.3) is 0 Å². The number of nitrogens with zero attached hydrogens (tertiary/aromatic N) is 2. The fourth-order valence-corrected chi connectivity index (χ4v) is 2.52. The van der Waals surface area contributed by atoms with Crippen molar-refractivity contribution in [1.82, 2.24) is 9.78 Å². The molecule has 2 N–H and O–H groups in total. The normalized spacial score (nSPS) is 11.5. The minimum absolute atomic E-state index is 0.0524. The maximum Gasteiger partial charge on any atom is 0.416 e. The Labute approximate surface area is 141 Å². The van der Waals surface area contributed by atoms with E-state index in [1.165, 1.54) is 23.0 Å². The standard InChI is InChI=1S/C18H14F3N3O/c19-18(20,21)14-7-4-8-15(10-14)24-11-13(9-16(22)25)17(23-24)12-5-2-1-3-6-12/h1-8,10-11H,9H2,(H2,22,25). The zero-order valence-corrected chi connectivity index (χ0v) is 13.0. The number of alkyl halides is 3. The molecule has 0 atom stereocenters. The van der Waals surface area contributed by atoms with Gasteiger partial charge in [-0.2, -0.15) is 18.3 Å². The van der Waals surface area contributed by atoms with Crippen molar-refractivity contribution in [3.05, 3.63) is 71.9 Å². The van der Waals surface area contributed by atoms with Crippen molar-refractivity contribution in [1.29, 1.82) is 0 Å².